The smallest absolute Gasteiger partial charge is 0.332 e. The number of nitrogens with zero attached hydrogens (tertiary/aromatic N) is 5. The van der Waals surface area contributed by atoms with Gasteiger partial charge in [0.1, 0.15) is 0 Å². The average Bonchev–Trinajstić information content (AvgIpc) is 3.26. The van der Waals surface area contributed by atoms with E-state index in [0.29, 0.717) is 26.8 Å². The number of aryl methyl sites for hydroxylation is 2. The van der Waals surface area contributed by atoms with Gasteiger partial charge in [0, 0.05) is 37.2 Å². The third-order valence-corrected chi connectivity index (χ3v) is 5.66. The minimum absolute atomic E-state index is 0.0711. The summed E-state index contributed by atoms with van der Waals surface area (Å²) in [6.45, 7) is 1.88. The van der Waals surface area contributed by atoms with Gasteiger partial charge in [0.15, 0.2) is 11.2 Å². The molecule has 3 aromatic rings. The molecule has 1 saturated heterocycles. The molecule has 3 heterocycles. The minimum atomic E-state index is -0.426. The average molecular weight is 408 g/mol. The zero-order valence-corrected chi connectivity index (χ0v) is 16.6. The SMILES string of the molecule is Cn1c(N2CCCC2)nc2c1c(=O)n(Cc1ccc(Cl)cc1Cl)c(=O)n2C. The van der Waals surface area contributed by atoms with Crippen molar-refractivity contribution < 1.29 is 0 Å². The highest BCUT2D eigenvalue weighted by atomic mass is 35.5. The Bertz CT molecular complexity index is 1160. The van der Waals surface area contributed by atoms with E-state index in [-0.39, 0.29) is 12.1 Å². The lowest BCUT2D eigenvalue weighted by atomic mass is 10.2. The third kappa shape index (κ3) is 2.95. The van der Waals surface area contributed by atoms with Crippen LogP contribution in [0, 0.1) is 0 Å². The fourth-order valence-corrected chi connectivity index (χ4v) is 4.06. The molecule has 0 amide bonds. The van der Waals surface area contributed by atoms with E-state index in [1.165, 1.54) is 9.13 Å². The van der Waals surface area contributed by atoms with Crippen LogP contribution in [0.25, 0.3) is 11.2 Å². The molecule has 7 nitrogen and oxygen atoms in total. The summed E-state index contributed by atoms with van der Waals surface area (Å²) >= 11 is 12.2. The normalized spacial score (nSPS) is 14.4. The highest BCUT2D eigenvalue weighted by molar-refractivity contribution is 6.35. The molecule has 1 fully saturated rings. The number of imidazole rings is 1. The van der Waals surface area contributed by atoms with Gasteiger partial charge in [-0.25, -0.2) is 4.79 Å². The van der Waals surface area contributed by atoms with E-state index in [1.807, 2.05) is 7.05 Å². The maximum absolute atomic E-state index is 13.1. The molecule has 0 bridgehead atoms. The maximum Gasteiger partial charge on any atom is 0.332 e. The van der Waals surface area contributed by atoms with Crippen LogP contribution in [0.2, 0.25) is 10.0 Å². The van der Waals surface area contributed by atoms with Gasteiger partial charge in [-0.1, -0.05) is 29.3 Å². The summed E-state index contributed by atoms with van der Waals surface area (Å²) < 4.78 is 4.38. The van der Waals surface area contributed by atoms with Crippen molar-refractivity contribution in [3.8, 4) is 0 Å². The van der Waals surface area contributed by atoms with Gasteiger partial charge in [-0.3, -0.25) is 13.9 Å². The van der Waals surface area contributed by atoms with Crippen LogP contribution in [0.1, 0.15) is 18.4 Å². The lowest BCUT2D eigenvalue weighted by Crippen LogP contribution is -2.39. The summed E-state index contributed by atoms with van der Waals surface area (Å²) in [6.07, 6.45) is 2.20. The van der Waals surface area contributed by atoms with Gasteiger partial charge in [-0.05, 0) is 30.5 Å². The molecule has 0 N–H and O–H groups in total. The van der Waals surface area contributed by atoms with Gasteiger partial charge >= 0.3 is 5.69 Å². The molecule has 1 aliphatic heterocycles. The summed E-state index contributed by atoms with van der Waals surface area (Å²) in [7, 11) is 3.44. The van der Waals surface area contributed by atoms with Gasteiger partial charge in [-0.2, -0.15) is 4.98 Å². The molecule has 1 aliphatic rings. The van der Waals surface area contributed by atoms with E-state index in [4.69, 9.17) is 23.2 Å². The molecule has 0 aliphatic carbocycles. The van der Waals surface area contributed by atoms with Crippen molar-refractivity contribution in [2.24, 2.45) is 14.1 Å². The van der Waals surface area contributed by atoms with Crippen LogP contribution in [0.15, 0.2) is 27.8 Å². The number of hydrogen-bond acceptors (Lipinski definition) is 4. The van der Waals surface area contributed by atoms with Crippen LogP contribution >= 0.6 is 23.2 Å². The maximum atomic E-state index is 13.1. The summed E-state index contributed by atoms with van der Waals surface area (Å²) in [6, 6.07) is 5.01. The van der Waals surface area contributed by atoms with Crippen LogP contribution in [-0.2, 0) is 20.6 Å². The lowest BCUT2D eigenvalue weighted by molar-refractivity contribution is 0.655. The molecule has 9 heteroatoms. The van der Waals surface area contributed by atoms with Crippen molar-refractivity contribution in [1.82, 2.24) is 18.7 Å². The first kappa shape index (κ1) is 18.1. The molecule has 0 radical (unpaired) electrons. The largest absolute Gasteiger partial charge is 0.342 e. The Hall–Kier alpha value is -2.25. The first-order valence-electron chi connectivity index (χ1n) is 8.73. The summed E-state index contributed by atoms with van der Waals surface area (Å²) in [5, 5.41) is 0.917. The van der Waals surface area contributed by atoms with Crippen LogP contribution in [0.5, 0.6) is 0 Å². The molecule has 27 heavy (non-hydrogen) atoms. The van der Waals surface area contributed by atoms with Gasteiger partial charge in [0.25, 0.3) is 5.56 Å². The Balaban J connectivity index is 1.90. The fraction of sp³-hybridized carbons (Fsp3) is 0.389. The Labute approximate surface area is 165 Å². The monoisotopic (exact) mass is 407 g/mol. The molecule has 1 aromatic carbocycles. The first-order chi connectivity index (χ1) is 12.9. The fourth-order valence-electron chi connectivity index (χ4n) is 3.59. The molecular weight excluding hydrogens is 389 g/mol. The van der Waals surface area contributed by atoms with Crippen molar-refractivity contribution in [1.29, 1.82) is 0 Å². The molecule has 142 valence electrons. The molecule has 0 saturated carbocycles. The lowest BCUT2D eigenvalue weighted by Gasteiger charge is -2.15. The number of aromatic nitrogens is 4. The van der Waals surface area contributed by atoms with Crippen LogP contribution in [0.4, 0.5) is 5.95 Å². The number of benzene rings is 1. The van der Waals surface area contributed by atoms with Crippen molar-refractivity contribution in [2.75, 3.05) is 18.0 Å². The second-order valence-corrected chi connectivity index (χ2v) is 7.65. The number of rotatable bonds is 3. The number of halogens is 2. The van der Waals surface area contributed by atoms with Gasteiger partial charge in [-0.15, -0.1) is 0 Å². The van der Waals surface area contributed by atoms with Crippen LogP contribution in [0.3, 0.4) is 0 Å². The summed E-state index contributed by atoms with van der Waals surface area (Å²) in [5.41, 5.74) is 0.655. The van der Waals surface area contributed by atoms with E-state index in [1.54, 1.807) is 29.8 Å². The molecular formula is C18H19Cl2N5O2. The van der Waals surface area contributed by atoms with Crippen molar-refractivity contribution in [3.63, 3.8) is 0 Å². The van der Waals surface area contributed by atoms with E-state index in [2.05, 4.69) is 9.88 Å². The van der Waals surface area contributed by atoms with Crippen molar-refractivity contribution >= 4 is 40.3 Å². The highest BCUT2D eigenvalue weighted by Gasteiger charge is 2.23. The Morgan fingerprint density at radius 3 is 2.44 bits per heavy atom. The van der Waals surface area contributed by atoms with E-state index >= 15 is 0 Å². The Kier molecular flexibility index (Phi) is 4.52. The Morgan fingerprint density at radius 1 is 1.07 bits per heavy atom. The number of fused-ring (bicyclic) bond motifs is 1. The van der Waals surface area contributed by atoms with Crippen LogP contribution in [-0.4, -0.2) is 31.8 Å². The molecule has 0 spiro atoms. The topological polar surface area (TPSA) is 65.1 Å². The van der Waals surface area contributed by atoms with E-state index in [9.17, 15) is 9.59 Å². The molecule has 2 aromatic heterocycles. The summed E-state index contributed by atoms with van der Waals surface area (Å²) in [4.78, 5) is 32.7. The predicted octanol–water partition coefficient (Wildman–Crippen LogP) is 2.39. The first-order valence-corrected chi connectivity index (χ1v) is 9.49. The molecule has 0 unspecified atom stereocenters. The second kappa shape index (κ2) is 6.73. The predicted molar refractivity (Wildman–Crippen MR) is 107 cm³/mol. The van der Waals surface area contributed by atoms with Gasteiger partial charge < -0.3 is 9.47 Å². The minimum Gasteiger partial charge on any atom is -0.342 e. The second-order valence-electron chi connectivity index (χ2n) is 6.81. The third-order valence-electron chi connectivity index (χ3n) is 5.07. The van der Waals surface area contributed by atoms with Crippen molar-refractivity contribution in [3.05, 3.63) is 54.6 Å². The molecule has 0 atom stereocenters. The van der Waals surface area contributed by atoms with Crippen LogP contribution < -0.4 is 16.1 Å². The quantitative estimate of drug-likeness (QED) is 0.668. The zero-order valence-electron chi connectivity index (χ0n) is 15.1. The highest BCUT2D eigenvalue weighted by Crippen LogP contribution is 2.23. The Morgan fingerprint density at radius 2 is 1.78 bits per heavy atom. The van der Waals surface area contributed by atoms with E-state index in [0.717, 1.165) is 31.9 Å². The van der Waals surface area contributed by atoms with Crippen molar-refractivity contribution in [2.45, 2.75) is 19.4 Å². The standard InChI is InChI=1S/C18H19Cl2N5O2/c1-22-14-15(21-17(22)24-7-3-4-8-24)23(2)18(27)25(16(14)26)10-11-5-6-12(19)9-13(11)20/h5-6,9H,3-4,7-8,10H2,1-2H3. The number of anilines is 1. The van der Waals surface area contributed by atoms with E-state index < -0.39 is 5.69 Å². The zero-order chi connectivity index (χ0) is 19.3. The molecule has 4 rings (SSSR count). The van der Waals surface area contributed by atoms with Gasteiger partial charge in [0.05, 0.1) is 6.54 Å². The van der Waals surface area contributed by atoms with Gasteiger partial charge in [0.2, 0.25) is 5.95 Å². The summed E-state index contributed by atoms with van der Waals surface area (Å²) in [5.74, 6) is 0.719. The number of hydrogen-bond donors (Lipinski definition) is 0.